The number of anilines is 1. The number of nitrogens with zero attached hydrogens (tertiary/aromatic N) is 1. The van der Waals surface area contributed by atoms with Crippen molar-refractivity contribution in [3.8, 4) is 0 Å². The second-order valence-electron chi connectivity index (χ2n) is 6.29. The molecule has 0 unspecified atom stereocenters. The zero-order valence-electron chi connectivity index (χ0n) is 12.6. The number of aliphatic hydroxyl groups is 1. The van der Waals surface area contributed by atoms with Crippen molar-refractivity contribution in [2.24, 2.45) is 0 Å². The molecule has 1 saturated heterocycles. The third-order valence-electron chi connectivity index (χ3n) is 3.93. The Hall–Kier alpha value is -0.770. The first-order valence-electron chi connectivity index (χ1n) is 7.36. The molecular formula is C16H25ClN2O. The van der Waals surface area contributed by atoms with Gasteiger partial charge in [0, 0.05) is 36.4 Å². The van der Waals surface area contributed by atoms with Gasteiger partial charge in [0.05, 0.1) is 5.60 Å². The standard InChI is InChI=1S/C16H25ClN2O/c1-12(2)18-11-13-4-5-14(17)10-15(13)19-8-6-16(3,20)7-9-19/h4-5,10,12,18,20H,6-9,11H2,1-3H3. The zero-order valence-corrected chi connectivity index (χ0v) is 13.4. The topological polar surface area (TPSA) is 35.5 Å². The zero-order chi connectivity index (χ0) is 14.8. The molecule has 2 N–H and O–H groups in total. The van der Waals surface area contributed by atoms with Gasteiger partial charge in [-0.2, -0.15) is 0 Å². The maximum absolute atomic E-state index is 10.1. The Kier molecular flexibility index (Phi) is 4.95. The van der Waals surface area contributed by atoms with Crippen LogP contribution in [0, 0.1) is 0 Å². The summed E-state index contributed by atoms with van der Waals surface area (Å²) < 4.78 is 0. The fourth-order valence-electron chi connectivity index (χ4n) is 2.52. The van der Waals surface area contributed by atoms with Gasteiger partial charge in [-0.15, -0.1) is 0 Å². The van der Waals surface area contributed by atoms with Crippen molar-refractivity contribution in [3.63, 3.8) is 0 Å². The molecule has 1 aliphatic rings. The Morgan fingerprint density at radius 1 is 1.35 bits per heavy atom. The van der Waals surface area contributed by atoms with Crippen molar-refractivity contribution in [2.45, 2.75) is 51.8 Å². The van der Waals surface area contributed by atoms with Gasteiger partial charge < -0.3 is 15.3 Å². The van der Waals surface area contributed by atoms with Crippen LogP contribution in [-0.2, 0) is 6.54 Å². The van der Waals surface area contributed by atoms with Crippen LogP contribution in [0.15, 0.2) is 18.2 Å². The van der Waals surface area contributed by atoms with E-state index in [1.165, 1.54) is 11.3 Å². The fraction of sp³-hybridized carbons (Fsp3) is 0.625. The molecule has 0 radical (unpaired) electrons. The molecule has 0 amide bonds. The molecule has 1 aromatic carbocycles. The van der Waals surface area contributed by atoms with E-state index >= 15 is 0 Å². The lowest BCUT2D eigenvalue weighted by Gasteiger charge is -2.38. The highest BCUT2D eigenvalue weighted by Gasteiger charge is 2.28. The van der Waals surface area contributed by atoms with Crippen molar-refractivity contribution >= 4 is 17.3 Å². The molecule has 1 aromatic rings. The normalized spacial score (nSPS) is 18.6. The van der Waals surface area contributed by atoms with Gasteiger partial charge in [0.25, 0.3) is 0 Å². The third kappa shape index (κ3) is 4.11. The van der Waals surface area contributed by atoms with Gasteiger partial charge in [-0.1, -0.05) is 31.5 Å². The molecule has 0 atom stereocenters. The number of benzene rings is 1. The second-order valence-corrected chi connectivity index (χ2v) is 6.73. The molecule has 1 aliphatic heterocycles. The summed E-state index contributed by atoms with van der Waals surface area (Å²) in [6.07, 6.45) is 1.60. The first-order chi connectivity index (χ1) is 9.37. The highest BCUT2D eigenvalue weighted by Crippen LogP contribution is 2.30. The second kappa shape index (κ2) is 6.33. The van der Waals surface area contributed by atoms with Gasteiger partial charge >= 0.3 is 0 Å². The average molecular weight is 297 g/mol. The molecule has 1 fully saturated rings. The van der Waals surface area contributed by atoms with Gasteiger partial charge in [-0.3, -0.25) is 0 Å². The molecule has 0 aliphatic carbocycles. The summed E-state index contributed by atoms with van der Waals surface area (Å²) in [5, 5.41) is 14.3. The Bertz CT molecular complexity index is 450. The number of piperidine rings is 1. The van der Waals surface area contributed by atoms with Crippen LogP contribution >= 0.6 is 11.6 Å². The molecule has 0 spiro atoms. The number of hydrogen-bond acceptors (Lipinski definition) is 3. The maximum atomic E-state index is 10.1. The molecule has 2 rings (SSSR count). The molecular weight excluding hydrogens is 272 g/mol. The van der Waals surface area contributed by atoms with E-state index in [1.807, 2.05) is 19.1 Å². The van der Waals surface area contributed by atoms with Crippen molar-refractivity contribution < 1.29 is 5.11 Å². The van der Waals surface area contributed by atoms with Gasteiger partial charge in [-0.25, -0.2) is 0 Å². The summed E-state index contributed by atoms with van der Waals surface area (Å²) in [6, 6.07) is 6.54. The van der Waals surface area contributed by atoms with Crippen molar-refractivity contribution in [1.82, 2.24) is 5.32 Å². The number of rotatable bonds is 4. The molecule has 112 valence electrons. The number of hydrogen-bond donors (Lipinski definition) is 2. The molecule has 20 heavy (non-hydrogen) atoms. The smallest absolute Gasteiger partial charge is 0.0653 e. The third-order valence-corrected chi connectivity index (χ3v) is 4.16. The van der Waals surface area contributed by atoms with Crippen LogP contribution in [0.5, 0.6) is 0 Å². The molecule has 0 aromatic heterocycles. The minimum atomic E-state index is -0.522. The van der Waals surface area contributed by atoms with Crippen LogP contribution in [0.2, 0.25) is 5.02 Å². The van der Waals surface area contributed by atoms with E-state index in [2.05, 4.69) is 30.1 Å². The summed E-state index contributed by atoms with van der Waals surface area (Å²) in [6.45, 7) is 8.81. The summed E-state index contributed by atoms with van der Waals surface area (Å²) in [5.74, 6) is 0. The lowest BCUT2D eigenvalue weighted by molar-refractivity contribution is 0.0351. The van der Waals surface area contributed by atoms with Crippen LogP contribution in [0.25, 0.3) is 0 Å². The largest absolute Gasteiger partial charge is 0.390 e. The van der Waals surface area contributed by atoms with E-state index in [0.29, 0.717) is 6.04 Å². The van der Waals surface area contributed by atoms with Crippen LogP contribution in [0.1, 0.15) is 39.2 Å². The molecule has 1 heterocycles. The predicted octanol–water partition coefficient (Wildman–Crippen LogP) is 3.19. The van der Waals surface area contributed by atoms with Crippen LogP contribution in [0.3, 0.4) is 0 Å². The first kappa shape index (κ1) is 15.6. The average Bonchev–Trinajstić information content (AvgIpc) is 2.37. The van der Waals surface area contributed by atoms with E-state index in [1.54, 1.807) is 0 Å². The van der Waals surface area contributed by atoms with Gasteiger partial charge in [-0.05, 0) is 37.5 Å². The highest BCUT2D eigenvalue weighted by atomic mass is 35.5. The number of nitrogens with one attached hydrogen (secondary N) is 1. The van der Waals surface area contributed by atoms with E-state index in [9.17, 15) is 5.11 Å². The van der Waals surface area contributed by atoms with Gasteiger partial charge in [0.15, 0.2) is 0 Å². The Morgan fingerprint density at radius 3 is 2.60 bits per heavy atom. The van der Waals surface area contributed by atoms with Crippen molar-refractivity contribution in [2.75, 3.05) is 18.0 Å². The highest BCUT2D eigenvalue weighted by molar-refractivity contribution is 6.30. The predicted molar refractivity (Wildman–Crippen MR) is 85.5 cm³/mol. The maximum Gasteiger partial charge on any atom is 0.0653 e. The number of halogens is 1. The Morgan fingerprint density at radius 2 is 2.00 bits per heavy atom. The fourth-order valence-corrected chi connectivity index (χ4v) is 2.69. The molecule has 0 saturated carbocycles. The van der Waals surface area contributed by atoms with Crippen LogP contribution < -0.4 is 10.2 Å². The van der Waals surface area contributed by atoms with E-state index in [4.69, 9.17) is 11.6 Å². The van der Waals surface area contributed by atoms with Crippen molar-refractivity contribution in [3.05, 3.63) is 28.8 Å². The van der Waals surface area contributed by atoms with Crippen LogP contribution in [0.4, 0.5) is 5.69 Å². The van der Waals surface area contributed by atoms with Gasteiger partial charge in [0.1, 0.15) is 0 Å². The van der Waals surface area contributed by atoms with Gasteiger partial charge in [0.2, 0.25) is 0 Å². The molecule has 3 nitrogen and oxygen atoms in total. The monoisotopic (exact) mass is 296 g/mol. The Labute approximate surface area is 126 Å². The SMILES string of the molecule is CC(C)NCc1ccc(Cl)cc1N1CCC(C)(O)CC1. The van der Waals surface area contributed by atoms with E-state index in [0.717, 1.165) is 37.5 Å². The minimum Gasteiger partial charge on any atom is -0.390 e. The van der Waals surface area contributed by atoms with Crippen LogP contribution in [-0.4, -0.2) is 29.8 Å². The first-order valence-corrected chi connectivity index (χ1v) is 7.74. The van der Waals surface area contributed by atoms with E-state index in [-0.39, 0.29) is 0 Å². The quantitative estimate of drug-likeness (QED) is 0.896. The lowest BCUT2D eigenvalue weighted by Crippen LogP contribution is -2.43. The summed E-state index contributed by atoms with van der Waals surface area (Å²) in [7, 11) is 0. The Balaban J connectivity index is 2.15. The minimum absolute atomic E-state index is 0.459. The summed E-state index contributed by atoms with van der Waals surface area (Å²) in [4.78, 5) is 2.33. The molecule has 0 bridgehead atoms. The molecule has 4 heteroatoms. The van der Waals surface area contributed by atoms with Crippen molar-refractivity contribution in [1.29, 1.82) is 0 Å². The summed E-state index contributed by atoms with van der Waals surface area (Å²) in [5.41, 5.74) is 1.94. The summed E-state index contributed by atoms with van der Waals surface area (Å²) >= 11 is 6.16. The lowest BCUT2D eigenvalue weighted by atomic mass is 9.93. The van der Waals surface area contributed by atoms with E-state index < -0.39 is 5.60 Å².